The van der Waals surface area contributed by atoms with E-state index in [0.717, 1.165) is 50.4 Å². The van der Waals surface area contributed by atoms with Gasteiger partial charge in [-0.1, -0.05) is 0 Å². The molecule has 4 rings (SSSR count). The molecule has 0 spiro atoms. The van der Waals surface area contributed by atoms with Gasteiger partial charge in [0.15, 0.2) is 0 Å². The van der Waals surface area contributed by atoms with Crippen molar-refractivity contribution in [2.75, 3.05) is 31.1 Å². The van der Waals surface area contributed by atoms with Crippen molar-refractivity contribution in [1.82, 2.24) is 14.9 Å². The molecule has 2 aliphatic rings. The van der Waals surface area contributed by atoms with E-state index in [1.807, 2.05) is 29.4 Å². The Bertz CT molecular complexity index is 706. The molecule has 124 valence electrons. The minimum Gasteiger partial charge on any atom is -0.355 e. The third-order valence-corrected chi connectivity index (χ3v) is 5.02. The summed E-state index contributed by atoms with van der Waals surface area (Å²) in [5.41, 5.74) is 2.05. The third kappa shape index (κ3) is 2.86. The van der Waals surface area contributed by atoms with E-state index in [4.69, 9.17) is 0 Å². The molecule has 2 aromatic rings. The second kappa shape index (κ2) is 6.59. The first kappa shape index (κ1) is 15.1. The number of rotatable bonds is 3. The maximum Gasteiger partial charge on any atom is 0.257 e. The lowest BCUT2D eigenvalue weighted by Gasteiger charge is -2.41. The molecule has 0 atom stereocenters. The largest absolute Gasteiger partial charge is 0.355 e. The monoisotopic (exact) mass is 322 g/mol. The molecule has 0 radical (unpaired) electrons. The first-order valence-corrected chi connectivity index (χ1v) is 8.72. The number of nitrogens with zero attached hydrogens (tertiary/aromatic N) is 4. The van der Waals surface area contributed by atoms with Gasteiger partial charge in [0.2, 0.25) is 0 Å². The van der Waals surface area contributed by atoms with Gasteiger partial charge in [0.25, 0.3) is 5.91 Å². The van der Waals surface area contributed by atoms with Crippen LogP contribution in [0.1, 0.15) is 41.1 Å². The summed E-state index contributed by atoms with van der Waals surface area (Å²) in [6.07, 6.45) is 8.89. The van der Waals surface area contributed by atoms with E-state index in [2.05, 4.69) is 27.0 Å². The molecule has 0 unspecified atom stereocenters. The first-order valence-electron chi connectivity index (χ1n) is 8.72. The van der Waals surface area contributed by atoms with Gasteiger partial charge >= 0.3 is 0 Å². The van der Waals surface area contributed by atoms with E-state index in [1.54, 1.807) is 6.20 Å². The van der Waals surface area contributed by atoms with Crippen molar-refractivity contribution < 1.29 is 4.79 Å². The fraction of sp³-hybridized carbons (Fsp3) is 0.421. The first-order chi connectivity index (χ1) is 11.8. The topological polar surface area (TPSA) is 49.3 Å². The minimum atomic E-state index is 0.130. The molecule has 1 amide bonds. The van der Waals surface area contributed by atoms with Crippen LogP contribution >= 0.6 is 0 Å². The zero-order valence-electron chi connectivity index (χ0n) is 13.8. The van der Waals surface area contributed by atoms with E-state index >= 15 is 0 Å². The molecule has 2 saturated heterocycles. The number of likely N-dealkylation sites (tertiary alicyclic amines) is 1. The predicted octanol–water partition coefficient (Wildman–Crippen LogP) is 2.71. The number of amides is 1. The Hall–Kier alpha value is -2.43. The average molecular weight is 322 g/mol. The van der Waals surface area contributed by atoms with Crippen LogP contribution in [-0.2, 0) is 0 Å². The highest BCUT2D eigenvalue weighted by atomic mass is 16.2. The molecular formula is C19H22N4O. The average Bonchev–Trinajstić information content (AvgIpc) is 2.62. The molecule has 5 nitrogen and oxygen atoms in total. The van der Waals surface area contributed by atoms with Gasteiger partial charge in [-0.15, -0.1) is 0 Å². The number of hydrogen-bond donors (Lipinski definition) is 0. The highest BCUT2D eigenvalue weighted by molar-refractivity contribution is 5.99. The van der Waals surface area contributed by atoms with Gasteiger partial charge in [-0.3, -0.25) is 9.78 Å². The molecular weight excluding hydrogens is 300 g/mol. The second-order valence-electron chi connectivity index (χ2n) is 6.61. The molecule has 24 heavy (non-hydrogen) atoms. The van der Waals surface area contributed by atoms with Crippen LogP contribution in [0.25, 0.3) is 0 Å². The summed E-state index contributed by atoms with van der Waals surface area (Å²) in [6, 6.07) is 7.92. The van der Waals surface area contributed by atoms with Gasteiger partial charge in [-0.25, -0.2) is 4.98 Å². The number of aromatic nitrogens is 2. The van der Waals surface area contributed by atoms with Gasteiger partial charge in [0.05, 0.1) is 5.56 Å². The number of carbonyl (C=O) groups excluding carboxylic acids is 1. The molecule has 0 bridgehead atoms. The molecule has 2 aromatic heterocycles. The highest BCUT2D eigenvalue weighted by Crippen LogP contribution is 2.32. The van der Waals surface area contributed by atoms with Crippen molar-refractivity contribution in [2.24, 2.45) is 0 Å². The minimum absolute atomic E-state index is 0.130. The maximum absolute atomic E-state index is 12.9. The van der Waals surface area contributed by atoms with E-state index in [-0.39, 0.29) is 5.91 Å². The lowest BCUT2D eigenvalue weighted by molar-refractivity contribution is 0.0724. The molecule has 0 saturated carbocycles. The van der Waals surface area contributed by atoms with E-state index in [1.165, 1.54) is 12.0 Å². The summed E-state index contributed by atoms with van der Waals surface area (Å²) in [5, 5.41) is 0. The van der Waals surface area contributed by atoms with Crippen molar-refractivity contribution in [3.05, 3.63) is 54.0 Å². The Balaban J connectivity index is 1.50. The number of anilines is 1. The van der Waals surface area contributed by atoms with Gasteiger partial charge in [-0.2, -0.15) is 0 Å². The van der Waals surface area contributed by atoms with Crippen LogP contribution in [0.5, 0.6) is 0 Å². The number of hydrogen-bond acceptors (Lipinski definition) is 4. The maximum atomic E-state index is 12.9. The van der Waals surface area contributed by atoms with Crippen molar-refractivity contribution in [3.63, 3.8) is 0 Å². The summed E-state index contributed by atoms with van der Waals surface area (Å²) in [7, 11) is 0. The van der Waals surface area contributed by atoms with Gasteiger partial charge in [-0.05, 0) is 49.1 Å². The molecule has 5 heteroatoms. The Kier molecular flexibility index (Phi) is 4.15. The third-order valence-electron chi connectivity index (χ3n) is 5.02. The Labute approximate surface area is 142 Å². The van der Waals surface area contributed by atoms with Crippen molar-refractivity contribution in [2.45, 2.75) is 25.2 Å². The van der Waals surface area contributed by atoms with E-state index < -0.39 is 0 Å². The van der Waals surface area contributed by atoms with Crippen LogP contribution in [0, 0.1) is 0 Å². The summed E-state index contributed by atoms with van der Waals surface area (Å²) in [4.78, 5) is 25.6. The van der Waals surface area contributed by atoms with Crippen LogP contribution < -0.4 is 4.90 Å². The summed E-state index contributed by atoms with van der Waals surface area (Å²) >= 11 is 0. The fourth-order valence-corrected chi connectivity index (χ4v) is 3.58. The van der Waals surface area contributed by atoms with Crippen molar-refractivity contribution >= 4 is 11.7 Å². The van der Waals surface area contributed by atoms with Crippen LogP contribution in [0.3, 0.4) is 0 Å². The summed E-state index contributed by atoms with van der Waals surface area (Å²) < 4.78 is 0. The second-order valence-corrected chi connectivity index (χ2v) is 6.61. The number of pyridine rings is 2. The van der Waals surface area contributed by atoms with Crippen LogP contribution in [0.2, 0.25) is 0 Å². The van der Waals surface area contributed by atoms with Crippen LogP contribution in [0.4, 0.5) is 5.82 Å². The molecule has 0 N–H and O–H groups in total. The summed E-state index contributed by atoms with van der Waals surface area (Å²) in [5.74, 6) is 1.46. The standard InChI is InChI=1S/C19H22N4O/c24-19(22-11-2-1-3-12-22)17-5-4-8-21-18(17)23-13-16(14-23)15-6-9-20-10-7-15/h4-10,16H,1-3,11-14H2. The van der Waals surface area contributed by atoms with Crippen LogP contribution in [-0.4, -0.2) is 47.0 Å². The van der Waals surface area contributed by atoms with Gasteiger partial charge in [0.1, 0.15) is 5.82 Å². The highest BCUT2D eigenvalue weighted by Gasteiger charge is 2.32. The lowest BCUT2D eigenvalue weighted by atomic mass is 9.92. The molecule has 2 fully saturated rings. The van der Waals surface area contributed by atoms with E-state index in [9.17, 15) is 4.79 Å². The fourth-order valence-electron chi connectivity index (χ4n) is 3.58. The van der Waals surface area contributed by atoms with Gasteiger partial charge < -0.3 is 9.80 Å². The number of carbonyl (C=O) groups is 1. The Morgan fingerprint density at radius 2 is 1.75 bits per heavy atom. The Morgan fingerprint density at radius 3 is 2.50 bits per heavy atom. The zero-order valence-corrected chi connectivity index (χ0v) is 13.8. The zero-order chi connectivity index (χ0) is 16.4. The molecule has 0 aliphatic carbocycles. The number of piperidine rings is 1. The summed E-state index contributed by atoms with van der Waals surface area (Å²) in [6.45, 7) is 3.54. The SMILES string of the molecule is O=C(c1cccnc1N1CC(c2ccncc2)C1)N1CCCCC1. The van der Waals surface area contributed by atoms with Crippen molar-refractivity contribution in [3.8, 4) is 0 Å². The lowest BCUT2D eigenvalue weighted by Crippen LogP contribution is -2.47. The molecule has 4 heterocycles. The smallest absolute Gasteiger partial charge is 0.257 e. The van der Waals surface area contributed by atoms with Gasteiger partial charge in [0, 0.05) is 50.7 Å². The molecule has 0 aromatic carbocycles. The normalized spacial score (nSPS) is 18.3. The predicted molar refractivity (Wildman–Crippen MR) is 93.2 cm³/mol. The molecule has 2 aliphatic heterocycles. The van der Waals surface area contributed by atoms with E-state index in [0.29, 0.717) is 5.92 Å². The quantitative estimate of drug-likeness (QED) is 0.872. The Morgan fingerprint density at radius 1 is 1.00 bits per heavy atom. The van der Waals surface area contributed by atoms with Crippen LogP contribution in [0.15, 0.2) is 42.9 Å². The van der Waals surface area contributed by atoms with Crippen molar-refractivity contribution in [1.29, 1.82) is 0 Å².